The Hall–Kier alpha value is -1.47. The van der Waals surface area contributed by atoms with Crippen molar-refractivity contribution in [2.75, 3.05) is 19.5 Å². The van der Waals surface area contributed by atoms with Gasteiger partial charge in [-0.15, -0.1) is 11.3 Å². The molecule has 9 heteroatoms. The van der Waals surface area contributed by atoms with Gasteiger partial charge in [0.1, 0.15) is 5.82 Å². The van der Waals surface area contributed by atoms with Crippen LogP contribution in [0.25, 0.3) is 0 Å². The highest BCUT2D eigenvalue weighted by atomic mass is 32.1. The molecule has 0 spiro atoms. The van der Waals surface area contributed by atoms with Gasteiger partial charge in [0.05, 0.1) is 0 Å². The minimum atomic E-state index is -3.40. The molecule has 20 heavy (non-hydrogen) atoms. The highest BCUT2D eigenvalue weighted by molar-refractivity contribution is 7.54. The second-order valence-electron chi connectivity index (χ2n) is 3.76. The van der Waals surface area contributed by atoms with E-state index in [2.05, 4.69) is 15.3 Å². The fourth-order valence-electron chi connectivity index (χ4n) is 1.64. The minimum absolute atomic E-state index is 0.387. The lowest BCUT2D eigenvalue weighted by atomic mass is 10.4. The zero-order chi connectivity index (χ0) is 14.6. The second-order valence-corrected chi connectivity index (χ2v) is 7.06. The van der Waals surface area contributed by atoms with Crippen molar-refractivity contribution in [1.82, 2.24) is 9.97 Å². The third-order valence-corrected chi connectivity index (χ3v) is 5.77. The van der Waals surface area contributed by atoms with Crippen LogP contribution in [0.15, 0.2) is 34.6 Å². The van der Waals surface area contributed by atoms with Gasteiger partial charge in [0, 0.05) is 25.3 Å². The number of hydrogen-bond donors (Lipinski definition) is 2. The maximum atomic E-state index is 12.6. The van der Waals surface area contributed by atoms with E-state index in [9.17, 15) is 9.36 Å². The van der Waals surface area contributed by atoms with Crippen LogP contribution in [-0.2, 0) is 13.6 Å². The standard InChI is InChI=1S/C11H14N3O4PS/c1-17-19(16,18-2)10(8-4-3-7-20-8)13-9-5-6-12-11(15)14-9/h3-7,10H,1-2H3,(H2,12,13,14,15). The number of nitrogens with zero attached hydrogens (tertiary/aromatic N) is 1. The molecule has 0 aliphatic heterocycles. The lowest BCUT2D eigenvalue weighted by molar-refractivity contribution is 0.269. The Kier molecular flexibility index (Phi) is 4.72. The van der Waals surface area contributed by atoms with Crippen LogP contribution in [0.3, 0.4) is 0 Å². The molecule has 0 bridgehead atoms. The van der Waals surface area contributed by atoms with Crippen molar-refractivity contribution in [2.24, 2.45) is 0 Å². The second kappa shape index (κ2) is 6.32. The largest absolute Gasteiger partial charge is 0.357 e. The van der Waals surface area contributed by atoms with E-state index >= 15 is 0 Å². The number of rotatable bonds is 6. The van der Waals surface area contributed by atoms with Crippen molar-refractivity contribution in [3.63, 3.8) is 0 Å². The summed E-state index contributed by atoms with van der Waals surface area (Å²) in [6, 6.07) is 5.21. The molecule has 0 radical (unpaired) electrons. The van der Waals surface area contributed by atoms with E-state index in [0.29, 0.717) is 5.82 Å². The maximum absolute atomic E-state index is 12.6. The predicted octanol–water partition coefficient (Wildman–Crippen LogP) is 2.43. The molecular weight excluding hydrogens is 301 g/mol. The number of H-pyrrole nitrogens is 1. The van der Waals surface area contributed by atoms with Gasteiger partial charge in [-0.2, -0.15) is 0 Å². The molecule has 1 atom stereocenters. The number of aromatic amines is 1. The molecule has 0 aliphatic carbocycles. The Balaban J connectivity index is 2.38. The van der Waals surface area contributed by atoms with Gasteiger partial charge in [0.25, 0.3) is 0 Å². The fourth-order valence-corrected chi connectivity index (χ4v) is 4.13. The first-order valence-electron chi connectivity index (χ1n) is 5.65. The Bertz CT molecular complexity index is 650. The van der Waals surface area contributed by atoms with Crippen LogP contribution in [0.2, 0.25) is 0 Å². The number of thiophene rings is 1. The highest BCUT2D eigenvalue weighted by Gasteiger charge is 2.36. The molecule has 0 saturated carbocycles. The lowest BCUT2D eigenvalue weighted by Gasteiger charge is -2.24. The van der Waals surface area contributed by atoms with Gasteiger partial charge < -0.3 is 14.4 Å². The first-order valence-corrected chi connectivity index (χ1v) is 8.14. The van der Waals surface area contributed by atoms with Gasteiger partial charge in [0.15, 0.2) is 5.78 Å². The van der Waals surface area contributed by atoms with E-state index in [1.165, 1.54) is 31.8 Å². The molecule has 0 saturated heterocycles. The summed E-state index contributed by atoms with van der Waals surface area (Å²) in [4.78, 5) is 18.0. The Morgan fingerprint density at radius 1 is 1.40 bits per heavy atom. The SMILES string of the molecule is COP(=O)(OC)C(Nc1ccnc(=O)[nH]1)c1cccs1. The zero-order valence-electron chi connectivity index (χ0n) is 10.9. The van der Waals surface area contributed by atoms with Crippen molar-refractivity contribution < 1.29 is 13.6 Å². The van der Waals surface area contributed by atoms with Crippen LogP contribution in [-0.4, -0.2) is 24.2 Å². The number of nitrogens with one attached hydrogen (secondary N) is 2. The lowest BCUT2D eigenvalue weighted by Crippen LogP contribution is -2.17. The molecule has 7 nitrogen and oxygen atoms in total. The first-order chi connectivity index (χ1) is 9.59. The summed E-state index contributed by atoms with van der Waals surface area (Å²) in [6.07, 6.45) is 1.36. The fraction of sp³-hybridized carbons (Fsp3) is 0.273. The van der Waals surface area contributed by atoms with Crippen LogP contribution in [0.1, 0.15) is 10.7 Å². The third-order valence-electron chi connectivity index (χ3n) is 2.60. The van der Waals surface area contributed by atoms with E-state index in [-0.39, 0.29) is 0 Å². The molecule has 0 aromatic carbocycles. The monoisotopic (exact) mass is 315 g/mol. The summed E-state index contributed by atoms with van der Waals surface area (Å²) in [7, 11) is -0.761. The number of hydrogen-bond acceptors (Lipinski definition) is 7. The zero-order valence-corrected chi connectivity index (χ0v) is 12.6. The Morgan fingerprint density at radius 2 is 2.15 bits per heavy atom. The summed E-state index contributed by atoms with van der Waals surface area (Å²) in [5.74, 6) is -0.326. The smallest absolute Gasteiger partial charge is 0.353 e. The van der Waals surface area contributed by atoms with Gasteiger partial charge in [-0.1, -0.05) is 6.07 Å². The molecule has 2 rings (SSSR count). The summed E-state index contributed by atoms with van der Waals surface area (Å²) in [5, 5.41) is 4.82. The maximum Gasteiger partial charge on any atom is 0.357 e. The van der Waals surface area contributed by atoms with Gasteiger partial charge in [-0.25, -0.2) is 9.78 Å². The minimum Gasteiger partial charge on any atom is -0.353 e. The van der Waals surface area contributed by atoms with Gasteiger partial charge in [-0.05, 0) is 17.5 Å². The summed E-state index contributed by atoms with van der Waals surface area (Å²) >= 11 is 1.41. The van der Waals surface area contributed by atoms with Crippen molar-refractivity contribution in [1.29, 1.82) is 0 Å². The highest BCUT2D eigenvalue weighted by Crippen LogP contribution is 2.60. The molecule has 2 N–H and O–H groups in total. The van der Waals surface area contributed by atoms with Crippen LogP contribution in [0, 0.1) is 0 Å². The Morgan fingerprint density at radius 3 is 2.70 bits per heavy atom. The third kappa shape index (κ3) is 3.16. The average molecular weight is 315 g/mol. The Labute approximate surface area is 119 Å². The molecular formula is C11H14N3O4PS. The van der Waals surface area contributed by atoms with E-state index in [0.717, 1.165) is 4.88 Å². The molecule has 0 aliphatic rings. The van der Waals surface area contributed by atoms with Gasteiger partial charge in [0.2, 0.25) is 0 Å². The number of aromatic nitrogens is 2. The van der Waals surface area contributed by atoms with E-state index in [1.54, 1.807) is 6.07 Å². The van der Waals surface area contributed by atoms with E-state index in [4.69, 9.17) is 9.05 Å². The van der Waals surface area contributed by atoms with Crippen LogP contribution >= 0.6 is 18.9 Å². The number of anilines is 1. The van der Waals surface area contributed by atoms with Gasteiger partial charge in [-0.3, -0.25) is 9.55 Å². The molecule has 2 aromatic heterocycles. The van der Waals surface area contributed by atoms with Crippen molar-refractivity contribution in [3.05, 3.63) is 45.1 Å². The van der Waals surface area contributed by atoms with E-state index in [1.807, 2.05) is 17.5 Å². The molecule has 108 valence electrons. The molecule has 0 amide bonds. The summed E-state index contributed by atoms with van der Waals surface area (Å²) in [6.45, 7) is 0. The quantitative estimate of drug-likeness (QED) is 0.795. The molecule has 1 unspecified atom stereocenters. The molecule has 0 fully saturated rings. The summed E-state index contributed by atoms with van der Waals surface area (Å²) < 4.78 is 22.7. The molecule has 2 heterocycles. The van der Waals surface area contributed by atoms with Crippen molar-refractivity contribution in [2.45, 2.75) is 5.78 Å². The predicted molar refractivity (Wildman–Crippen MR) is 77.2 cm³/mol. The topological polar surface area (TPSA) is 93.3 Å². The van der Waals surface area contributed by atoms with E-state index < -0.39 is 19.1 Å². The normalized spacial score (nSPS) is 13.1. The summed E-state index contributed by atoms with van der Waals surface area (Å²) in [5.41, 5.74) is -0.496. The van der Waals surface area contributed by atoms with Crippen LogP contribution in [0.5, 0.6) is 0 Å². The van der Waals surface area contributed by atoms with Gasteiger partial charge >= 0.3 is 13.3 Å². The van der Waals surface area contributed by atoms with Crippen molar-refractivity contribution >= 4 is 24.8 Å². The molecule has 2 aromatic rings. The van der Waals surface area contributed by atoms with Crippen LogP contribution in [0.4, 0.5) is 5.82 Å². The van der Waals surface area contributed by atoms with Crippen LogP contribution < -0.4 is 11.0 Å². The average Bonchev–Trinajstić information content (AvgIpc) is 2.98. The van der Waals surface area contributed by atoms with Crippen molar-refractivity contribution in [3.8, 4) is 0 Å². The first kappa shape index (κ1) is 14.9.